The van der Waals surface area contributed by atoms with Gasteiger partial charge in [-0.15, -0.1) is 0 Å². The molecular weight excluding hydrogens is 727 g/mol. The minimum Gasteiger partial charge on any atom is -0.483 e. The van der Waals surface area contributed by atoms with Gasteiger partial charge in [-0.2, -0.15) is 4.31 Å². The van der Waals surface area contributed by atoms with Gasteiger partial charge in [0.05, 0.1) is 34.7 Å². The molecule has 282 valence electrons. The highest BCUT2D eigenvalue weighted by molar-refractivity contribution is 7.89. The van der Waals surface area contributed by atoms with E-state index in [0.717, 1.165) is 32.8 Å². The Hall–Kier alpha value is -5.90. The Morgan fingerprint density at radius 3 is 2.45 bits per heavy atom. The van der Waals surface area contributed by atoms with E-state index in [0.29, 0.717) is 18.7 Å². The number of hydrogen-bond donors (Lipinski definition) is 4. The van der Waals surface area contributed by atoms with Crippen LogP contribution in [0.15, 0.2) is 89.8 Å². The zero-order chi connectivity index (χ0) is 38.6. The maximum absolute atomic E-state index is 14.0. The van der Waals surface area contributed by atoms with Gasteiger partial charge in [0.25, 0.3) is 17.7 Å². The number of aliphatic hydroxyl groups excluding tert-OH is 1. The maximum Gasteiger partial charge on any atom is 0.266 e. The van der Waals surface area contributed by atoms with E-state index in [1.807, 2.05) is 31.2 Å². The van der Waals surface area contributed by atoms with Gasteiger partial charge in [-0.05, 0) is 85.0 Å². The fraction of sp³-hybridized carbons (Fsp3) is 0.275. The van der Waals surface area contributed by atoms with Crippen molar-refractivity contribution in [3.8, 4) is 16.9 Å². The van der Waals surface area contributed by atoms with E-state index in [2.05, 4.69) is 16.0 Å². The average molecular weight is 764 g/mol. The van der Waals surface area contributed by atoms with Crippen LogP contribution in [-0.4, -0.2) is 84.1 Å². The first-order chi connectivity index (χ1) is 26.4. The van der Waals surface area contributed by atoms with Crippen molar-refractivity contribution >= 4 is 50.9 Å². The van der Waals surface area contributed by atoms with E-state index < -0.39 is 58.2 Å². The van der Waals surface area contributed by atoms with Crippen LogP contribution in [0.5, 0.6) is 5.75 Å². The Labute approximate surface area is 316 Å². The lowest BCUT2D eigenvalue weighted by Crippen LogP contribution is -2.54. The largest absolute Gasteiger partial charge is 0.483 e. The first-order valence-corrected chi connectivity index (χ1v) is 19.4. The van der Waals surface area contributed by atoms with Gasteiger partial charge < -0.3 is 20.5 Å². The normalized spacial score (nSPS) is 22.0. The Morgan fingerprint density at radius 2 is 1.69 bits per heavy atom. The second kappa shape index (κ2) is 14.1. The minimum atomic E-state index is -3.85. The van der Waals surface area contributed by atoms with Crippen molar-refractivity contribution in [2.75, 3.05) is 30.4 Å². The molecule has 15 heteroatoms. The number of rotatable bonds is 9. The van der Waals surface area contributed by atoms with Crippen LogP contribution < -0.4 is 20.7 Å². The SMILES string of the molecule is Cc1ccc(S(=O)(=O)N2CC[C@@H]3[C@H](CO)Nc4ccc(-c5cccc(NC(=O)COc6cccc7c6C(=O)N(C6CCC(=O)NC6=O)C7=O)c5)cc4[C@@H]32)cc1. The lowest BCUT2D eigenvalue weighted by molar-refractivity contribution is -0.136. The molecule has 0 bridgehead atoms. The Bertz CT molecular complexity index is 2380. The molecule has 0 spiro atoms. The van der Waals surface area contributed by atoms with Gasteiger partial charge in [-0.25, -0.2) is 8.42 Å². The number of nitrogens with one attached hydrogen (secondary N) is 3. The van der Waals surface area contributed by atoms with Crippen LogP contribution in [-0.2, 0) is 24.4 Å². The number of imide groups is 2. The number of hydrogen-bond acceptors (Lipinski definition) is 10. The number of aryl methyl sites for hydroxylation is 1. The summed E-state index contributed by atoms with van der Waals surface area (Å²) in [7, 11) is -3.85. The number of ether oxygens (including phenoxy) is 1. The number of carbonyl (C=O) groups is 5. The molecule has 2 saturated heterocycles. The fourth-order valence-corrected chi connectivity index (χ4v) is 9.70. The predicted octanol–water partition coefficient (Wildman–Crippen LogP) is 3.62. The summed E-state index contributed by atoms with van der Waals surface area (Å²) in [5.41, 5.74) is 4.46. The number of benzene rings is 4. The summed E-state index contributed by atoms with van der Waals surface area (Å²) in [5.74, 6) is -3.32. The average Bonchev–Trinajstić information content (AvgIpc) is 3.74. The van der Waals surface area contributed by atoms with Crippen LogP contribution in [0.1, 0.15) is 57.1 Å². The summed E-state index contributed by atoms with van der Waals surface area (Å²) in [6, 6.07) is 22.1. The van der Waals surface area contributed by atoms with E-state index in [1.165, 1.54) is 18.2 Å². The molecule has 4 aromatic carbocycles. The predicted molar refractivity (Wildman–Crippen MR) is 200 cm³/mol. The lowest BCUT2D eigenvalue weighted by atomic mass is 9.82. The van der Waals surface area contributed by atoms with Crippen molar-refractivity contribution in [1.82, 2.24) is 14.5 Å². The van der Waals surface area contributed by atoms with Crippen LogP contribution >= 0.6 is 0 Å². The molecule has 55 heavy (non-hydrogen) atoms. The lowest BCUT2D eigenvalue weighted by Gasteiger charge is -2.39. The second-order valence-electron chi connectivity index (χ2n) is 14.1. The first kappa shape index (κ1) is 36.1. The summed E-state index contributed by atoms with van der Waals surface area (Å²) >= 11 is 0. The van der Waals surface area contributed by atoms with Crippen LogP contribution in [0.3, 0.4) is 0 Å². The summed E-state index contributed by atoms with van der Waals surface area (Å²) in [6.45, 7) is 1.57. The van der Waals surface area contributed by atoms with Crippen molar-refractivity contribution in [1.29, 1.82) is 0 Å². The van der Waals surface area contributed by atoms with Crippen LogP contribution in [0.2, 0.25) is 0 Å². The third-order valence-corrected chi connectivity index (χ3v) is 12.6. The topological polar surface area (TPSA) is 192 Å². The number of sulfonamides is 1. The fourth-order valence-electron chi connectivity index (χ4n) is 8.04. The molecular formula is C40H37N5O9S. The van der Waals surface area contributed by atoms with E-state index in [9.17, 15) is 37.5 Å². The smallest absolute Gasteiger partial charge is 0.266 e. The molecule has 0 radical (unpaired) electrons. The number of amides is 5. The number of nitrogens with zero attached hydrogens (tertiary/aromatic N) is 2. The zero-order valence-corrected chi connectivity index (χ0v) is 30.5. The van der Waals surface area contributed by atoms with E-state index >= 15 is 0 Å². The van der Waals surface area contributed by atoms with Gasteiger partial charge in [-0.3, -0.25) is 34.2 Å². The molecule has 0 aliphatic carbocycles. The molecule has 4 heterocycles. The highest BCUT2D eigenvalue weighted by Gasteiger charge is 2.49. The van der Waals surface area contributed by atoms with Gasteiger partial charge in [0.2, 0.25) is 21.8 Å². The Balaban J connectivity index is 0.993. The maximum atomic E-state index is 14.0. The van der Waals surface area contributed by atoms with Crippen LogP contribution in [0, 0.1) is 12.8 Å². The highest BCUT2D eigenvalue weighted by atomic mass is 32.2. The van der Waals surface area contributed by atoms with E-state index in [1.54, 1.807) is 46.8 Å². The number of piperidine rings is 1. The Morgan fingerprint density at radius 1 is 0.927 bits per heavy atom. The summed E-state index contributed by atoms with van der Waals surface area (Å²) in [5, 5.41) is 18.6. The van der Waals surface area contributed by atoms with Crippen molar-refractivity contribution in [2.24, 2.45) is 5.92 Å². The van der Waals surface area contributed by atoms with Gasteiger partial charge >= 0.3 is 0 Å². The van der Waals surface area contributed by atoms with Gasteiger partial charge in [0.15, 0.2) is 6.61 Å². The molecule has 14 nitrogen and oxygen atoms in total. The van der Waals surface area contributed by atoms with Gasteiger partial charge in [-0.1, -0.05) is 42.0 Å². The monoisotopic (exact) mass is 763 g/mol. The molecule has 4 atom stereocenters. The van der Waals surface area contributed by atoms with Crippen molar-refractivity contribution < 1.29 is 42.2 Å². The molecule has 8 rings (SSSR count). The second-order valence-corrected chi connectivity index (χ2v) is 16.0. The third-order valence-electron chi connectivity index (χ3n) is 10.7. The summed E-state index contributed by atoms with van der Waals surface area (Å²) < 4.78 is 35.2. The van der Waals surface area contributed by atoms with Gasteiger partial charge in [0, 0.05) is 30.3 Å². The molecule has 4 aliphatic heterocycles. The van der Waals surface area contributed by atoms with Crippen LogP contribution in [0.4, 0.5) is 11.4 Å². The van der Waals surface area contributed by atoms with Crippen molar-refractivity contribution in [2.45, 2.75) is 49.2 Å². The van der Waals surface area contributed by atoms with E-state index in [4.69, 9.17) is 4.74 Å². The molecule has 2 fully saturated rings. The molecule has 4 N–H and O–H groups in total. The summed E-state index contributed by atoms with van der Waals surface area (Å²) in [4.78, 5) is 64.8. The third kappa shape index (κ3) is 6.43. The Kier molecular flexibility index (Phi) is 9.23. The van der Waals surface area contributed by atoms with Gasteiger partial charge in [0.1, 0.15) is 11.8 Å². The quantitative estimate of drug-likeness (QED) is 0.183. The molecule has 1 unspecified atom stereocenters. The van der Waals surface area contributed by atoms with Crippen LogP contribution in [0.25, 0.3) is 11.1 Å². The highest BCUT2D eigenvalue weighted by Crippen LogP contribution is 2.49. The molecule has 5 amide bonds. The molecule has 0 saturated carbocycles. The number of carbonyl (C=O) groups excluding carboxylic acids is 5. The van der Waals surface area contributed by atoms with Crippen molar-refractivity contribution in [3.63, 3.8) is 0 Å². The zero-order valence-electron chi connectivity index (χ0n) is 29.7. The number of fused-ring (bicyclic) bond motifs is 4. The summed E-state index contributed by atoms with van der Waals surface area (Å²) in [6.07, 6.45) is 0.576. The molecule has 4 aliphatic rings. The number of aliphatic hydroxyl groups is 1. The number of anilines is 2. The van der Waals surface area contributed by atoms with Crippen molar-refractivity contribution in [3.05, 3.63) is 107 Å². The first-order valence-electron chi connectivity index (χ1n) is 17.9. The standard InChI is InChI=1S/C40H37N5O9S/c1-22-8-11-26(12-9-22)55(52,53)44-17-16-27-31(20-46)42-30-13-10-24(19-29(30)37(27)44)23-4-2-5-25(18-23)41-35(48)21-54-33-7-3-6-28-36(33)40(51)45(39(28)50)32-14-15-34(47)43-38(32)49/h2-13,18-19,27,31-32,37,42,46H,14-17,20-21H2,1H3,(H,41,48)(H,43,47,49)/t27-,31+,32?,37-/m1/s1. The van der Waals surface area contributed by atoms with E-state index in [-0.39, 0.29) is 53.2 Å². The molecule has 4 aromatic rings. The minimum absolute atomic E-state index is 0.00399. The molecule has 0 aromatic heterocycles.